The monoisotopic (exact) mass is 275 g/mol. The van der Waals surface area contributed by atoms with Crippen LogP contribution >= 0.6 is 0 Å². The molecule has 2 aromatic rings. The highest BCUT2D eigenvalue weighted by Crippen LogP contribution is 2.12. The van der Waals surface area contributed by atoms with Gasteiger partial charge in [-0.25, -0.2) is 14.1 Å². The van der Waals surface area contributed by atoms with Crippen molar-refractivity contribution in [3.63, 3.8) is 0 Å². The highest BCUT2D eigenvalue weighted by Gasteiger charge is 2.03. The molecule has 98 valence electrons. The van der Waals surface area contributed by atoms with Crippen LogP contribution in [-0.4, -0.2) is 10.2 Å². The number of amides is 2. The molecule has 4 N–H and O–H groups in total. The molecule has 1 unspecified atom stereocenters. The van der Waals surface area contributed by atoms with Crippen LogP contribution in [0.2, 0.25) is 0 Å². The summed E-state index contributed by atoms with van der Waals surface area (Å²) in [6.07, 6.45) is 0. The Morgan fingerprint density at radius 1 is 0.895 bits per heavy atom. The van der Waals surface area contributed by atoms with Crippen molar-refractivity contribution in [3.8, 4) is 0 Å². The zero-order valence-corrected chi connectivity index (χ0v) is 10.8. The van der Waals surface area contributed by atoms with Gasteiger partial charge in [0.25, 0.3) is 0 Å². The van der Waals surface area contributed by atoms with Gasteiger partial charge in [-0.15, -0.1) is 0 Å². The van der Waals surface area contributed by atoms with E-state index in [9.17, 15) is 9.00 Å². The summed E-state index contributed by atoms with van der Waals surface area (Å²) in [4.78, 5) is 12.2. The molecule has 1 atom stereocenters. The van der Waals surface area contributed by atoms with Crippen molar-refractivity contribution in [3.05, 3.63) is 54.6 Å². The molecule has 0 heterocycles. The van der Waals surface area contributed by atoms with Gasteiger partial charge >= 0.3 is 6.03 Å². The normalized spacial score (nSPS) is 11.6. The summed E-state index contributed by atoms with van der Waals surface area (Å²) >= 11 is 0. The van der Waals surface area contributed by atoms with Crippen molar-refractivity contribution >= 4 is 28.4 Å². The van der Waals surface area contributed by atoms with E-state index >= 15 is 0 Å². The molecule has 19 heavy (non-hydrogen) atoms. The molecule has 2 rings (SSSR count). The third-order valence-corrected chi connectivity index (χ3v) is 3.11. The first-order valence-electron chi connectivity index (χ1n) is 5.54. The first-order chi connectivity index (χ1) is 9.15. The van der Waals surface area contributed by atoms with Crippen LogP contribution in [-0.2, 0) is 11.0 Å². The molecule has 0 aliphatic heterocycles. The van der Waals surface area contributed by atoms with E-state index in [0.717, 1.165) is 0 Å². The fourth-order valence-corrected chi connectivity index (χ4v) is 1.89. The van der Waals surface area contributed by atoms with Crippen molar-refractivity contribution in [1.82, 2.24) is 0 Å². The highest BCUT2D eigenvalue weighted by molar-refractivity contribution is 7.82. The van der Waals surface area contributed by atoms with Gasteiger partial charge in [-0.3, -0.25) is 0 Å². The van der Waals surface area contributed by atoms with Crippen LogP contribution in [0.25, 0.3) is 0 Å². The van der Waals surface area contributed by atoms with E-state index in [2.05, 4.69) is 10.6 Å². The lowest BCUT2D eigenvalue weighted by molar-refractivity contribution is 0.262. The minimum atomic E-state index is -1.51. The molecule has 0 bridgehead atoms. The van der Waals surface area contributed by atoms with Gasteiger partial charge in [0, 0.05) is 11.4 Å². The van der Waals surface area contributed by atoms with Crippen LogP contribution in [0.3, 0.4) is 0 Å². The molecule has 0 saturated heterocycles. The van der Waals surface area contributed by atoms with Gasteiger partial charge in [0.15, 0.2) is 0 Å². The second-order valence-corrected chi connectivity index (χ2v) is 4.83. The number of rotatable bonds is 3. The summed E-state index contributed by atoms with van der Waals surface area (Å²) in [6.45, 7) is 0. The van der Waals surface area contributed by atoms with Gasteiger partial charge in [-0.05, 0) is 36.4 Å². The van der Waals surface area contributed by atoms with E-state index in [-0.39, 0.29) is 6.03 Å². The fourth-order valence-electron chi connectivity index (χ4n) is 1.49. The lowest BCUT2D eigenvalue weighted by Gasteiger charge is -2.07. The molecular weight excluding hydrogens is 262 g/mol. The Morgan fingerprint density at radius 2 is 1.42 bits per heavy atom. The third-order valence-electron chi connectivity index (χ3n) is 2.38. The molecule has 5 nitrogen and oxygen atoms in total. The van der Waals surface area contributed by atoms with E-state index in [0.29, 0.717) is 16.3 Å². The number of nitrogens with one attached hydrogen (secondary N) is 2. The van der Waals surface area contributed by atoms with Crippen LogP contribution in [0.5, 0.6) is 0 Å². The zero-order chi connectivity index (χ0) is 13.7. The maximum Gasteiger partial charge on any atom is 0.323 e. The quantitative estimate of drug-likeness (QED) is 0.803. The molecule has 0 fully saturated rings. The number of carbonyl (C=O) groups is 1. The van der Waals surface area contributed by atoms with Gasteiger partial charge in [-0.1, -0.05) is 18.2 Å². The van der Waals surface area contributed by atoms with Crippen molar-refractivity contribution < 1.29 is 9.00 Å². The molecule has 0 aliphatic rings. The molecule has 2 aromatic carbocycles. The second kappa shape index (κ2) is 6.12. The topological polar surface area (TPSA) is 84.2 Å². The Kier molecular flexibility index (Phi) is 4.27. The molecule has 0 radical (unpaired) electrons. The number of hydrogen-bond donors (Lipinski definition) is 3. The van der Waals surface area contributed by atoms with Crippen LogP contribution < -0.4 is 15.8 Å². The summed E-state index contributed by atoms with van der Waals surface area (Å²) in [5, 5.41) is 10.6. The summed E-state index contributed by atoms with van der Waals surface area (Å²) < 4.78 is 11.0. The van der Waals surface area contributed by atoms with Gasteiger partial charge in [0.05, 0.1) is 4.90 Å². The van der Waals surface area contributed by atoms with Gasteiger partial charge in [-0.2, -0.15) is 0 Å². The average Bonchev–Trinajstić information content (AvgIpc) is 2.40. The Bertz CT molecular complexity index is 585. The van der Waals surface area contributed by atoms with Crippen molar-refractivity contribution in [2.75, 3.05) is 10.6 Å². The molecule has 2 amide bonds. The molecule has 0 aliphatic carbocycles. The van der Waals surface area contributed by atoms with Gasteiger partial charge in [0.1, 0.15) is 11.0 Å². The molecule has 0 saturated carbocycles. The zero-order valence-electron chi connectivity index (χ0n) is 10.00. The van der Waals surface area contributed by atoms with E-state index in [1.54, 1.807) is 36.4 Å². The van der Waals surface area contributed by atoms with Crippen LogP contribution in [0.1, 0.15) is 0 Å². The maximum absolute atomic E-state index is 11.7. The fraction of sp³-hybridized carbons (Fsp3) is 0. The van der Waals surface area contributed by atoms with Crippen molar-refractivity contribution in [2.24, 2.45) is 5.14 Å². The third kappa shape index (κ3) is 3.90. The minimum Gasteiger partial charge on any atom is -0.308 e. The van der Waals surface area contributed by atoms with Crippen LogP contribution in [0, 0.1) is 0 Å². The Balaban J connectivity index is 1.97. The Morgan fingerprint density at radius 3 is 1.95 bits per heavy atom. The van der Waals surface area contributed by atoms with E-state index in [1.807, 2.05) is 18.2 Å². The summed E-state index contributed by atoms with van der Waals surface area (Å²) in [7, 11) is -1.51. The van der Waals surface area contributed by atoms with Crippen LogP contribution in [0.4, 0.5) is 16.2 Å². The number of carbonyl (C=O) groups excluding carboxylic acids is 1. The van der Waals surface area contributed by atoms with Gasteiger partial charge in [0.2, 0.25) is 0 Å². The number of urea groups is 1. The van der Waals surface area contributed by atoms with E-state index in [4.69, 9.17) is 5.14 Å². The first kappa shape index (κ1) is 13.3. The standard InChI is InChI=1S/C13H13N3O2S/c14-19(18)12-8-6-11(7-9-12)16-13(17)15-10-4-2-1-3-5-10/h1-9H,14H2,(H2,15,16,17). The number of nitrogens with two attached hydrogens (primary N) is 1. The second-order valence-electron chi connectivity index (χ2n) is 3.77. The number of para-hydroxylation sites is 1. The summed E-state index contributed by atoms with van der Waals surface area (Å²) in [5.74, 6) is 0. The number of anilines is 2. The van der Waals surface area contributed by atoms with Crippen molar-refractivity contribution in [2.45, 2.75) is 4.90 Å². The number of benzene rings is 2. The average molecular weight is 275 g/mol. The SMILES string of the molecule is NS(=O)c1ccc(NC(=O)Nc2ccccc2)cc1. The van der Waals surface area contributed by atoms with Gasteiger partial charge < -0.3 is 10.6 Å². The predicted molar refractivity (Wildman–Crippen MR) is 76.1 cm³/mol. The molecule has 0 aromatic heterocycles. The van der Waals surface area contributed by atoms with Crippen LogP contribution in [0.15, 0.2) is 59.5 Å². The largest absolute Gasteiger partial charge is 0.323 e. The highest BCUT2D eigenvalue weighted by atomic mass is 32.2. The number of hydrogen-bond acceptors (Lipinski definition) is 2. The Hall–Kier alpha value is -2.18. The Labute approximate surface area is 113 Å². The molecule has 0 spiro atoms. The smallest absolute Gasteiger partial charge is 0.308 e. The van der Waals surface area contributed by atoms with Crippen molar-refractivity contribution in [1.29, 1.82) is 0 Å². The molecular formula is C13H13N3O2S. The maximum atomic E-state index is 11.7. The lowest BCUT2D eigenvalue weighted by Crippen LogP contribution is -2.19. The lowest BCUT2D eigenvalue weighted by atomic mass is 10.3. The predicted octanol–water partition coefficient (Wildman–Crippen LogP) is 2.31. The summed E-state index contributed by atoms with van der Waals surface area (Å²) in [6, 6.07) is 15.3. The minimum absolute atomic E-state index is 0.340. The van der Waals surface area contributed by atoms with E-state index < -0.39 is 11.0 Å². The summed E-state index contributed by atoms with van der Waals surface area (Å²) in [5.41, 5.74) is 1.31. The first-order valence-corrected chi connectivity index (χ1v) is 6.76. The van der Waals surface area contributed by atoms with E-state index in [1.165, 1.54) is 0 Å². The molecule has 6 heteroatoms.